The Morgan fingerprint density at radius 1 is 1.19 bits per heavy atom. The van der Waals surface area contributed by atoms with Crippen molar-refractivity contribution < 1.29 is 33.6 Å². The molecule has 4 N–H and O–H groups in total. The number of ether oxygens (including phenoxy) is 2. The Morgan fingerprint density at radius 2 is 1.81 bits per heavy atom. The Hall–Kier alpha value is -1.19. The summed E-state index contributed by atoms with van der Waals surface area (Å²) in [5.41, 5.74) is -3.36. The molecule has 1 aromatic carbocycles. The second-order valence-electron chi connectivity index (χ2n) is 4.52. The van der Waals surface area contributed by atoms with Crippen LogP contribution in [-0.4, -0.2) is 52.0 Å². The average molecular weight is 326 g/mol. The molecule has 1 aliphatic heterocycles. The summed E-state index contributed by atoms with van der Waals surface area (Å²) < 4.78 is 34.2. The average Bonchev–Trinajstić information content (AvgIpc) is 2.40. The monoisotopic (exact) mass is 325 g/mol. The van der Waals surface area contributed by atoms with Gasteiger partial charge in [-0.05, 0) is 24.3 Å². The van der Waals surface area contributed by atoms with Crippen molar-refractivity contribution in [3.8, 4) is 5.75 Å². The number of anilines is 1. The van der Waals surface area contributed by atoms with Gasteiger partial charge >= 0.3 is 5.57 Å². The van der Waals surface area contributed by atoms with Gasteiger partial charge in [-0.25, -0.2) is 0 Å². The van der Waals surface area contributed by atoms with Crippen LogP contribution in [0.1, 0.15) is 0 Å². The molecule has 118 valence electrons. The quantitative estimate of drug-likeness (QED) is 0.609. The number of benzene rings is 1. The second-order valence-corrected chi connectivity index (χ2v) is 4.96. The summed E-state index contributed by atoms with van der Waals surface area (Å²) in [5, 5.41) is 31.3. The minimum Gasteiger partial charge on any atom is -0.420 e. The van der Waals surface area contributed by atoms with Crippen molar-refractivity contribution in [1.29, 1.82) is 0 Å². The van der Waals surface area contributed by atoms with Gasteiger partial charge in [-0.1, -0.05) is 0 Å². The number of rotatable bonds is 4. The van der Waals surface area contributed by atoms with Crippen molar-refractivity contribution in [3.05, 3.63) is 24.3 Å². The zero-order chi connectivity index (χ0) is 15.6. The van der Waals surface area contributed by atoms with Crippen molar-refractivity contribution in [1.82, 2.24) is 0 Å². The first-order valence-electron chi connectivity index (χ1n) is 6.04. The van der Waals surface area contributed by atoms with E-state index in [1.54, 1.807) is 0 Å². The Kier molecular flexibility index (Phi) is 4.84. The van der Waals surface area contributed by atoms with E-state index in [1.165, 1.54) is 24.3 Å². The van der Waals surface area contributed by atoms with Gasteiger partial charge in [-0.3, -0.25) is 0 Å². The van der Waals surface area contributed by atoms with E-state index in [2.05, 4.69) is 21.7 Å². The third-order valence-electron chi connectivity index (χ3n) is 2.90. The minimum absolute atomic E-state index is 0.138. The van der Waals surface area contributed by atoms with E-state index in [0.717, 1.165) is 0 Å². The molecule has 1 aromatic rings. The maximum Gasteiger partial charge on any atom is 0.487 e. The molecule has 0 radical (unpaired) electrons. The van der Waals surface area contributed by atoms with E-state index in [9.17, 15) is 24.1 Å². The minimum atomic E-state index is -3.79. The molecule has 1 fully saturated rings. The summed E-state index contributed by atoms with van der Waals surface area (Å²) >= 11 is 4.64. The lowest BCUT2D eigenvalue weighted by atomic mass is 10.0. The number of aliphatic hydroxyl groups excluding tert-OH is 3. The molecule has 0 amide bonds. The zero-order valence-electron chi connectivity index (χ0n) is 10.6. The number of aliphatic hydroxyl groups is 3. The van der Waals surface area contributed by atoms with E-state index in [4.69, 9.17) is 4.74 Å². The molecule has 0 saturated carbocycles. The molecule has 21 heavy (non-hydrogen) atoms. The van der Waals surface area contributed by atoms with Crippen LogP contribution >= 0.6 is 11.6 Å². The van der Waals surface area contributed by atoms with Crippen LogP contribution in [0.5, 0.6) is 5.75 Å². The molecular weight excluding hydrogens is 312 g/mol. The largest absolute Gasteiger partial charge is 0.487 e. The predicted octanol–water partition coefficient (Wildman–Crippen LogP) is 0.705. The summed E-state index contributed by atoms with van der Waals surface area (Å²) in [4.78, 5) is 0. The number of hydrogen-bond donors (Lipinski definition) is 4. The highest BCUT2D eigenvalue weighted by Gasteiger charge is 2.37. The first kappa shape index (κ1) is 16.2. The topological polar surface area (TPSA) is 91.2 Å². The fourth-order valence-corrected chi connectivity index (χ4v) is 1.94. The van der Waals surface area contributed by atoms with Crippen LogP contribution in [0.25, 0.3) is 0 Å². The molecular formula is C12H14ClF2NO5. The van der Waals surface area contributed by atoms with Gasteiger partial charge in [0, 0.05) is 17.3 Å². The third kappa shape index (κ3) is 4.39. The summed E-state index contributed by atoms with van der Waals surface area (Å²) in [5.74, 6) is -0.138. The van der Waals surface area contributed by atoms with Gasteiger partial charge in [-0.15, -0.1) is 8.78 Å². The predicted molar refractivity (Wildman–Crippen MR) is 69.3 cm³/mol. The molecule has 0 bridgehead atoms. The van der Waals surface area contributed by atoms with E-state index < -0.39 is 30.1 Å². The lowest BCUT2D eigenvalue weighted by Crippen LogP contribution is -2.55. The van der Waals surface area contributed by atoms with Gasteiger partial charge in [0.15, 0.2) is 6.23 Å². The van der Waals surface area contributed by atoms with Crippen LogP contribution in [0.4, 0.5) is 14.5 Å². The summed E-state index contributed by atoms with van der Waals surface area (Å²) in [7, 11) is 0. The highest BCUT2D eigenvalue weighted by Crippen LogP contribution is 2.26. The summed E-state index contributed by atoms with van der Waals surface area (Å²) in [6, 6.07) is 5.31. The molecule has 1 heterocycles. The fraction of sp³-hybridized carbons (Fsp3) is 0.500. The summed E-state index contributed by atoms with van der Waals surface area (Å²) in [6.07, 6.45) is -4.78. The molecule has 6 nitrogen and oxygen atoms in total. The molecule has 2 rings (SSSR count). The lowest BCUT2D eigenvalue weighted by molar-refractivity contribution is -0.178. The number of alkyl halides is 3. The normalized spacial score (nSPS) is 30.0. The maximum atomic E-state index is 12.4. The highest BCUT2D eigenvalue weighted by atomic mass is 35.5. The Labute approximate surface area is 123 Å². The Morgan fingerprint density at radius 3 is 2.38 bits per heavy atom. The SMILES string of the molecule is O[C@@H]1[C@H](O)[C@@H](O)CO[C@@H]1Nc1ccc(OC(F)(F)Cl)cc1. The number of halogens is 3. The first-order valence-corrected chi connectivity index (χ1v) is 6.42. The van der Waals surface area contributed by atoms with Gasteiger partial charge < -0.3 is 30.1 Å². The highest BCUT2D eigenvalue weighted by molar-refractivity contribution is 6.20. The van der Waals surface area contributed by atoms with Crippen molar-refractivity contribution in [2.45, 2.75) is 30.1 Å². The van der Waals surface area contributed by atoms with Gasteiger partial charge in [0.05, 0.1) is 6.61 Å². The van der Waals surface area contributed by atoms with Gasteiger partial charge in [0.25, 0.3) is 0 Å². The second kappa shape index (κ2) is 6.29. The molecule has 0 aromatic heterocycles. The van der Waals surface area contributed by atoms with E-state index >= 15 is 0 Å². The first-order chi connectivity index (χ1) is 9.76. The van der Waals surface area contributed by atoms with Crippen LogP contribution in [0.3, 0.4) is 0 Å². The molecule has 1 aliphatic rings. The van der Waals surface area contributed by atoms with Crippen LogP contribution in [-0.2, 0) is 4.74 Å². The van der Waals surface area contributed by atoms with Crippen LogP contribution in [0, 0.1) is 0 Å². The zero-order valence-corrected chi connectivity index (χ0v) is 11.4. The lowest BCUT2D eigenvalue weighted by Gasteiger charge is -2.35. The molecule has 0 unspecified atom stereocenters. The number of nitrogens with one attached hydrogen (secondary N) is 1. The molecule has 1 saturated heterocycles. The molecule has 9 heteroatoms. The maximum absolute atomic E-state index is 12.4. The smallest absolute Gasteiger partial charge is 0.420 e. The van der Waals surface area contributed by atoms with Gasteiger partial charge in [0.2, 0.25) is 0 Å². The van der Waals surface area contributed by atoms with Gasteiger partial charge in [0.1, 0.15) is 24.1 Å². The van der Waals surface area contributed by atoms with Crippen molar-refractivity contribution >= 4 is 17.3 Å². The fourth-order valence-electron chi connectivity index (χ4n) is 1.85. The molecule has 0 spiro atoms. The Balaban J connectivity index is 1.97. The van der Waals surface area contributed by atoms with Crippen LogP contribution in [0.2, 0.25) is 0 Å². The van der Waals surface area contributed by atoms with E-state index in [0.29, 0.717) is 5.69 Å². The van der Waals surface area contributed by atoms with Crippen molar-refractivity contribution in [2.24, 2.45) is 0 Å². The molecule has 4 atom stereocenters. The summed E-state index contributed by atoms with van der Waals surface area (Å²) in [6.45, 7) is -0.143. The van der Waals surface area contributed by atoms with Crippen LogP contribution < -0.4 is 10.1 Å². The van der Waals surface area contributed by atoms with E-state index in [1.807, 2.05) is 0 Å². The molecule has 0 aliphatic carbocycles. The van der Waals surface area contributed by atoms with Gasteiger partial charge in [-0.2, -0.15) is 0 Å². The Bertz CT molecular complexity index is 470. The van der Waals surface area contributed by atoms with Crippen molar-refractivity contribution in [2.75, 3.05) is 11.9 Å². The van der Waals surface area contributed by atoms with Crippen LogP contribution in [0.15, 0.2) is 24.3 Å². The standard InChI is InChI=1S/C12H14ClF2NO5/c13-12(14,15)21-7-3-1-6(2-4-7)16-11-10(19)9(18)8(17)5-20-11/h1-4,8-11,16-19H,5H2/t8-,9+,10+,11-/m0/s1. The number of hydrogen-bond acceptors (Lipinski definition) is 6. The van der Waals surface area contributed by atoms with E-state index in [-0.39, 0.29) is 12.4 Å². The third-order valence-corrected chi connectivity index (χ3v) is 2.97. The van der Waals surface area contributed by atoms with Crippen molar-refractivity contribution in [3.63, 3.8) is 0 Å².